The summed E-state index contributed by atoms with van der Waals surface area (Å²) in [5.74, 6) is -2.88. The van der Waals surface area contributed by atoms with Gasteiger partial charge in [0.05, 0.1) is 28.4 Å². The van der Waals surface area contributed by atoms with Gasteiger partial charge in [-0.2, -0.15) is 5.26 Å². The third kappa shape index (κ3) is 6.47. The molecular weight excluding hydrogens is 598 g/mol. The second kappa shape index (κ2) is 12.4. The minimum Gasteiger partial charge on any atom is -0.363 e. The quantitative estimate of drug-likeness (QED) is 0.381. The summed E-state index contributed by atoms with van der Waals surface area (Å²) in [6.45, 7) is 4.57. The molecule has 45 heavy (non-hydrogen) atoms. The number of rotatable bonds is 1. The Labute approximate surface area is 262 Å². The van der Waals surface area contributed by atoms with Crippen molar-refractivity contribution in [1.29, 1.82) is 5.26 Å². The number of halogens is 2. The van der Waals surface area contributed by atoms with E-state index in [-0.39, 0.29) is 53.4 Å². The number of hydrogen-bond donors (Lipinski definition) is 1. The average Bonchev–Trinajstić information content (AvgIpc) is 3.00. The Hall–Kier alpha value is -3.43. The molecule has 4 aliphatic rings. The molecule has 4 aliphatic heterocycles. The number of anilines is 1. The first-order chi connectivity index (χ1) is 21.5. The van der Waals surface area contributed by atoms with E-state index in [1.165, 1.54) is 12.4 Å². The second-order valence-corrected chi connectivity index (χ2v) is 15.4. The van der Waals surface area contributed by atoms with Crippen molar-refractivity contribution in [3.05, 3.63) is 63.7 Å². The second-order valence-electron chi connectivity index (χ2n) is 13.1. The lowest BCUT2D eigenvalue weighted by Crippen LogP contribution is -2.48. The number of benzene rings is 1. The van der Waals surface area contributed by atoms with E-state index in [4.69, 9.17) is 0 Å². The summed E-state index contributed by atoms with van der Waals surface area (Å²) in [6, 6.07) is 10.0. The molecule has 7 rings (SSSR count). The lowest BCUT2D eigenvalue weighted by atomic mass is 9.77. The van der Waals surface area contributed by atoms with E-state index in [1.54, 1.807) is 28.8 Å². The Kier molecular flexibility index (Phi) is 8.69. The fourth-order valence-corrected chi connectivity index (χ4v) is 8.63. The molecule has 8 bridgehead atoms. The molecule has 0 unspecified atom stereocenters. The Balaban J connectivity index is 1.42. The first-order valence-corrected chi connectivity index (χ1v) is 17.8. The van der Waals surface area contributed by atoms with Crippen molar-refractivity contribution in [3.63, 3.8) is 0 Å². The molecule has 2 fully saturated rings. The predicted molar refractivity (Wildman–Crippen MR) is 169 cm³/mol. The largest absolute Gasteiger partial charge is 0.363 e. The smallest absolute Gasteiger partial charge is 0.273 e. The maximum Gasteiger partial charge on any atom is 0.273 e. The third-order valence-corrected chi connectivity index (χ3v) is 11.5. The van der Waals surface area contributed by atoms with Crippen LogP contribution in [0, 0.1) is 17.2 Å². The molecule has 0 saturated carbocycles. The van der Waals surface area contributed by atoms with Crippen molar-refractivity contribution >= 4 is 26.7 Å². The van der Waals surface area contributed by atoms with Crippen LogP contribution < -0.4 is 10.9 Å². The van der Waals surface area contributed by atoms with Gasteiger partial charge in [0.25, 0.3) is 11.5 Å². The molecular formula is C33H40F2N6O3S. The van der Waals surface area contributed by atoms with E-state index in [0.717, 1.165) is 38.6 Å². The van der Waals surface area contributed by atoms with Crippen LogP contribution in [0.4, 0.5) is 14.6 Å². The van der Waals surface area contributed by atoms with Gasteiger partial charge in [-0.1, -0.05) is 37.5 Å². The van der Waals surface area contributed by atoms with Gasteiger partial charge in [-0.3, -0.25) is 9.36 Å². The van der Waals surface area contributed by atoms with Gasteiger partial charge in [0.2, 0.25) is 0 Å². The van der Waals surface area contributed by atoms with E-state index < -0.39 is 27.2 Å². The Morgan fingerprint density at radius 3 is 2.47 bits per heavy atom. The number of nitrogens with zero attached hydrogens (tertiary/aromatic N) is 5. The molecule has 6 heterocycles. The molecule has 240 valence electrons. The highest BCUT2D eigenvalue weighted by Gasteiger charge is 2.42. The Morgan fingerprint density at radius 2 is 1.73 bits per heavy atom. The monoisotopic (exact) mass is 638 g/mol. The molecule has 0 amide bonds. The molecule has 3 aromatic rings. The van der Waals surface area contributed by atoms with Crippen molar-refractivity contribution in [1.82, 2.24) is 19.4 Å². The van der Waals surface area contributed by atoms with Crippen molar-refractivity contribution in [2.45, 2.75) is 82.2 Å². The fourth-order valence-electron chi connectivity index (χ4n) is 7.10. The summed E-state index contributed by atoms with van der Waals surface area (Å²) < 4.78 is 57.1. The maximum absolute atomic E-state index is 15.5. The summed E-state index contributed by atoms with van der Waals surface area (Å²) in [6.07, 6.45) is 5.92. The number of aromatic nitrogens is 3. The van der Waals surface area contributed by atoms with Crippen LogP contribution >= 0.6 is 0 Å². The molecule has 0 spiro atoms. The number of nitriles is 1. The summed E-state index contributed by atoms with van der Waals surface area (Å²) in [5, 5.41) is 14.3. The standard InChI is InChI=1S/C33H40F2N6O3S/c1-23-25-8-7-9-26(16-25)33(34,35)18-24-19-40(20-24)12-5-3-2-4-6-13-41-30-27(29(39-23)37-22-38-30)17-28(31(41)42)32(21-36)10-14-45(43,44)15-11-32/h7-9,16-17,22-24H,2-6,10-15,18-20H2,1H3,(H,37,38,39)/t23-/m0/s1. The van der Waals surface area contributed by atoms with Gasteiger partial charge in [0.1, 0.15) is 27.6 Å². The number of aryl methyl sites for hydroxylation is 1. The molecule has 2 aromatic heterocycles. The van der Waals surface area contributed by atoms with Crippen LogP contribution in [0.2, 0.25) is 0 Å². The fraction of sp³-hybridized carbons (Fsp3) is 0.576. The van der Waals surface area contributed by atoms with Gasteiger partial charge < -0.3 is 10.2 Å². The number of nitrogens with one attached hydrogen (secondary N) is 1. The topological polar surface area (TPSA) is 121 Å². The number of hydrogen-bond acceptors (Lipinski definition) is 8. The summed E-state index contributed by atoms with van der Waals surface area (Å²) in [7, 11) is -3.29. The number of alkyl halides is 2. The molecule has 0 radical (unpaired) electrons. The predicted octanol–water partition coefficient (Wildman–Crippen LogP) is 5.31. The molecule has 1 atom stereocenters. The first kappa shape index (κ1) is 31.5. The zero-order valence-electron chi connectivity index (χ0n) is 25.6. The summed E-state index contributed by atoms with van der Waals surface area (Å²) in [4.78, 5) is 25.3. The lowest BCUT2D eigenvalue weighted by molar-refractivity contribution is -0.0568. The Bertz CT molecular complexity index is 1770. The first-order valence-electron chi connectivity index (χ1n) is 16.0. The minimum absolute atomic E-state index is 0.00938. The van der Waals surface area contributed by atoms with Crippen LogP contribution in [0.1, 0.15) is 81.0 Å². The van der Waals surface area contributed by atoms with E-state index >= 15 is 8.78 Å². The minimum atomic E-state index is -3.29. The van der Waals surface area contributed by atoms with E-state index in [9.17, 15) is 18.5 Å². The van der Waals surface area contributed by atoms with Crippen LogP contribution in [-0.4, -0.2) is 59.0 Å². The molecule has 0 aliphatic carbocycles. The number of fused-ring (bicyclic) bond motifs is 8. The van der Waals surface area contributed by atoms with Crippen LogP contribution in [0.15, 0.2) is 41.5 Å². The lowest BCUT2D eigenvalue weighted by Gasteiger charge is -2.41. The van der Waals surface area contributed by atoms with Gasteiger partial charge in [0.15, 0.2) is 0 Å². The highest BCUT2D eigenvalue weighted by Crippen LogP contribution is 2.39. The van der Waals surface area contributed by atoms with E-state index in [0.29, 0.717) is 42.0 Å². The molecule has 1 aromatic carbocycles. The van der Waals surface area contributed by atoms with Gasteiger partial charge in [0, 0.05) is 43.2 Å². The third-order valence-electron chi connectivity index (χ3n) is 9.89. The molecule has 12 heteroatoms. The van der Waals surface area contributed by atoms with Crippen molar-refractivity contribution in [3.8, 4) is 6.07 Å². The molecule has 9 nitrogen and oxygen atoms in total. The van der Waals surface area contributed by atoms with Gasteiger partial charge in [-0.15, -0.1) is 0 Å². The van der Waals surface area contributed by atoms with Crippen molar-refractivity contribution < 1.29 is 17.2 Å². The summed E-state index contributed by atoms with van der Waals surface area (Å²) >= 11 is 0. The highest BCUT2D eigenvalue weighted by atomic mass is 32.2. The normalized spacial score (nSPS) is 26.5. The van der Waals surface area contributed by atoms with Crippen LogP contribution in [0.3, 0.4) is 0 Å². The molecule has 2 saturated heterocycles. The average molecular weight is 639 g/mol. The SMILES string of the molecule is C[C@@H]1Nc2ncnc3c2cc(C2(C#N)CCS(=O)(=O)CC2)c(=O)n3CCCCCCCN2CC(C2)CC(F)(F)c2cccc1c2. The number of pyridine rings is 1. The van der Waals surface area contributed by atoms with Crippen LogP contribution in [-0.2, 0) is 27.7 Å². The van der Waals surface area contributed by atoms with Gasteiger partial charge in [-0.05, 0) is 62.8 Å². The van der Waals surface area contributed by atoms with Crippen molar-refractivity contribution in [2.75, 3.05) is 36.5 Å². The number of sulfone groups is 1. The maximum atomic E-state index is 15.5. The van der Waals surface area contributed by atoms with Crippen LogP contribution in [0.25, 0.3) is 11.0 Å². The van der Waals surface area contributed by atoms with E-state index in [2.05, 4.69) is 26.3 Å². The van der Waals surface area contributed by atoms with Gasteiger partial charge in [-0.25, -0.2) is 27.2 Å². The highest BCUT2D eigenvalue weighted by molar-refractivity contribution is 7.91. The zero-order valence-corrected chi connectivity index (χ0v) is 26.5. The summed E-state index contributed by atoms with van der Waals surface area (Å²) in [5.41, 5.74) is -0.250. The van der Waals surface area contributed by atoms with Crippen LogP contribution in [0.5, 0.6) is 0 Å². The van der Waals surface area contributed by atoms with Gasteiger partial charge >= 0.3 is 0 Å². The zero-order chi connectivity index (χ0) is 31.8. The Morgan fingerprint density at radius 1 is 1.02 bits per heavy atom. The van der Waals surface area contributed by atoms with Crippen molar-refractivity contribution in [2.24, 2.45) is 5.92 Å². The molecule has 1 N–H and O–H groups in total. The van der Waals surface area contributed by atoms with E-state index in [1.807, 2.05) is 6.92 Å².